The number of sulfonamides is 1. The second-order valence-corrected chi connectivity index (χ2v) is 15.0. The molecule has 0 bridgehead atoms. The van der Waals surface area contributed by atoms with Gasteiger partial charge in [-0.2, -0.15) is 0 Å². The Labute approximate surface area is 286 Å². The van der Waals surface area contributed by atoms with Crippen LogP contribution in [0, 0.1) is 27.7 Å². The molecule has 2 amide bonds. The molecule has 5 rings (SSSR count). The highest BCUT2D eigenvalue weighted by molar-refractivity contribution is 7.92. The number of amides is 2. The zero-order valence-corrected chi connectivity index (χ0v) is 29.3. The van der Waals surface area contributed by atoms with Gasteiger partial charge in [-0.05, 0) is 75.4 Å². The van der Waals surface area contributed by atoms with Crippen LogP contribution in [0.25, 0.3) is 0 Å². The van der Waals surface area contributed by atoms with Gasteiger partial charge in [-0.25, -0.2) is 8.42 Å². The summed E-state index contributed by atoms with van der Waals surface area (Å²) in [6.45, 7) is 7.38. The molecule has 252 valence electrons. The molecule has 1 aliphatic carbocycles. The molecule has 0 aliphatic heterocycles. The number of nitrogens with one attached hydrogen (secondary N) is 1. The number of carbonyl (C=O) groups is 2. The smallest absolute Gasteiger partial charge is 0.264 e. The molecule has 0 aromatic heterocycles. The van der Waals surface area contributed by atoms with Crippen LogP contribution >= 0.6 is 0 Å². The number of hydrogen-bond donors (Lipinski definition) is 1. The first-order chi connectivity index (χ1) is 23.0. The molecular formula is C40H47N3O4S. The van der Waals surface area contributed by atoms with Crippen LogP contribution in [-0.4, -0.2) is 43.8 Å². The Balaban J connectivity index is 1.58. The van der Waals surface area contributed by atoms with Gasteiger partial charge in [0.1, 0.15) is 12.6 Å². The largest absolute Gasteiger partial charge is 0.352 e. The fraction of sp³-hybridized carbons (Fsp3) is 0.350. The first kappa shape index (κ1) is 34.9. The van der Waals surface area contributed by atoms with E-state index < -0.39 is 28.5 Å². The van der Waals surface area contributed by atoms with Crippen molar-refractivity contribution in [1.29, 1.82) is 0 Å². The van der Waals surface area contributed by atoms with Crippen LogP contribution in [0.15, 0.2) is 102 Å². The minimum Gasteiger partial charge on any atom is -0.352 e. The van der Waals surface area contributed by atoms with Gasteiger partial charge in [0.2, 0.25) is 11.8 Å². The molecule has 0 heterocycles. The highest BCUT2D eigenvalue weighted by atomic mass is 32.2. The molecule has 8 heteroatoms. The SMILES string of the molecule is Cc1ccc(S(=O)(=O)N(CC(=O)N(Cc2cccc(C)c2)C(Cc2ccccc2)C(=O)NC2CCCCC2)c2ccc(C)cc2C)cc1. The summed E-state index contributed by atoms with van der Waals surface area (Å²) in [6, 6.07) is 28.9. The first-order valence-corrected chi connectivity index (χ1v) is 18.3. The molecule has 1 unspecified atom stereocenters. The monoisotopic (exact) mass is 665 g/mol. The Morgan fingerprint density at radius 1 is 0.750 bits per heavy atom. The van der Waals surface area contributed by atoms with Gasteiger partial charge in [-0.3, -0.25) is 13.9 Å². The molecule has 4 aromatic rings. The highest BCUT2D eigenvalue weighted by Gasteiger charge is 2.36. The molecular weight excluding hydrogens is 619 g/mol. The summed E-state index contributed by atoms with van der Waals surface area (Å²) in [7, 11) is -4.16. The van der Waals surface area contributed by atoms with Crippen LogP contribution in [0.2, 0.25) is 0 Å². The van der Waals surface area contributed by atoms with E-state index in [4.69, 9.17) is 0 Å². The molecule has 7 nitrogen and oxygen atoms in total. The van der Waals surface area contributed by atoms with Gasteiger partial charge in [0.25, 0.3) is 10.0 Å². The molecule has 1 N–H and O–H groups in total. The van der Waals surface area contributed by atoms with Crippen molar-refractivity contribution >= 4 is 27.5 Å². The second kappa shape index (κ2) is 15.6. The minimum atomic E-state index is -4.16. The van der Waals surface area contributed by atoms with Gasteiger partial charge in [0.05, 0.1) is 10.6 Å². The lowest BCUT2D eigenvalue weighted by Crippen LogP contribution is -2.55. The van der Waals surface area contributed by atoms with Crippen molar-refractivity contribution in [3.63, 3.8) is 0 Å². The maximum absolute atomic E-state index is 14.8. The highest BCUT2D eigenvalue weighted by Crippen LogP contribution is 2.29. The first-order valence-electron chi connectivity index (χ1n) is 16.9. The molecule has 48 heavy (non-hydrogen) atoms. The van der Waals surface area contributed by atoms with Gasteiger partial charge < -0.3 is 10.2 Å². The van der Waals surface area contributed by atoms with Crippen molar-refractivity contribution in [2.24, 2.45) is 0 Å². The summed E-state index contributed by atoms with van der Waals surface area (Å²) in [5, 5.41) is 3.27. The van der Waals surface area contributed by atoms with Crippen molar-refractivity contribution in [1.82, 2.24) is 10.2 Å². The Hall–Kier alpha value is -4.43. The van der Waals surface area contributed by atoms with Crippen LogP contribution in [0.4, 0.5) is 5.69 Å². The Morgan fingerprint density at radius 2 is 1.40 bits per heavy atom. The van der Waals surface area contributed by atoms with Crippen LogP contribution in [0.1, 0.15) is 65.5 Å². The van der Waals surface area contributed by atoms with E-state index in [2.05, 4.69) is 5.32 Å². The average Bonchev–Trinajstić information content (AvgIpc) is 3.06. The molecule has 1 aliphatic rings. The van der Waals surface area contributed by atoms with Crippen molar-refractivity contribution in [2.45, 2.75) is 89.7 Å². The molecule has 0 radical (unpaired) electrons. The third kappa shape index (κ3) is 8.72. The van der Waals surface area contributed by atoms with E-state index in [1.807, 2.05) is 94.4 Å². The van der Waals surface area contributed by atoms with E-state index >= 15 is 0 Å². The number of benzene rings is 4. The number of carbonyl (C=O) groups excluding carboxylic acids is 2. The van der Waals surface area contributed by atoms with Crippen LogP contribution < -0.4 is 9.62 Å². The number of aryl methyl sites for hydroxylation is 4. The minimum absolute atomic E-state index is 0.0501. The summed E-state index contributed by atoms with van der Waals surface area (Å²) in [5.41, 5.74) is 5.90. The average molecular weight is 666 g/mol. The van der Waals surface area contributed by atoms with Crippen LogP contribution in [0.5, 0.6) is 0 Å². The zero-order valence-electron chi connectivity index (χ0n) is 28.5. The van der Waals surface area contributed by atoms with E-state index in [0.717, 1.165) is 65.5 Å². The maximum atomic E-state index is 14.8. The van der Waals surface area contributed by atoms with Crippen molar-refractivity contribution in [3.05, 3.63) is 130 Å². The molecule has 1 saturated carbocycles. The van der Waals surface area contributed by atoms with Crippen molar-refractivity contribution < 1.29 is 18.0 Å². The van der Waals surface area contributed by atoms with Crippen molar-refractivity contribution in [3.8, 4) is 0 Å². The third-order valence-electron chi connectivity index (χ3n) is 9.17. The second-order valence-electron chi connectivity index (χ2n) is 13.2. The maximum Gasteiger partial charge on any atom is 0.264 e. The Bertz CT molecular complexity index is 1820. The normalized spacial score (nSPS) is 14.2. The van der Waals surface area contributed by atoms with Crippen LogP contribution in [0.3, 0.4) is 0 Å². The number of anilines is 1. The number of nitrogens with zero attached hydrogens (tertiary/aromatic N) is 2. The Morgan fingerprint density at radius 3 is 2.06 bits per heavy atom. The summed E-state index contributed by atoms with van der Waals surface area (Å²) in [4.78, 5) is 30.8. The summed E-state index contributed by atoms with van der Waals surface area (Å²) < 4.78 is 30.0. The van der Waals surface area contributed by atoms with E-state index in [1.165, 1.54) is 4.31 Å². The van der Waals surface area contributed by atoms with Gasteiger partial charge in [-0.1, -0.05) is 115 Å². The Kier molecular flexibility index (Phi) is 11.4. The summed E-state index contributed by atoms with van der Waals surface area (Å²) >= 11 is 0. The standard InChI is InChI=1S/C40H47N3O4S/c1-29-18-21-36(22-19-29)48(46,47)43(37-23-20-31(3)24-32(37)4)28-39(44)42(27-34-15-11-12-30(2)25-34)38(26-33-13-7-5-8-14-33)40(45)41-35-16-9-6-10-17-35/h5,7-8,11-15,18-25,35,38H,6,9-10,16-17,26-28H2,1-4H3,(H,41,45). The summed E-state index contributed by atoms with van der Waals surface area (Å²) in [5.74, 6) is -0.668. The third-order valence-corrected chi connectivity index (χ3v) is 10.9. The quantitative estimate of drug-likeness (QED) is 0.173. The van der Waals surface area contributed by atoms with Gasteiger partial charge >= 0.3 is 0 Å². The van der Waals surface area contributed by atoms with Gasteiger partial charge in [0.15, 0.2) is 0 Å². The molecule has 0 saturated heterocycles. The molecule has 1 fully saturated rings. The van der Waals surface area contributed by atoms with E-state index in [-0.39, 0.29) is 23.4 Å². The number of rotatable bonds is 12. The van der Waals surface area contributed by atoms with Gasteiger partial charge in [0, 0.05) is 19.0 Å². The predicted octanol–water partition coefficient (Wildman–Crippen LogP) is 7.20. The zero-order chi connectivity index (χ0) is 34.3. The van der Waals surface area contributed by atoms with Gasteiger partial charge in [-0.15, -0.1) is 0 Å². The lowest BCUT2D eigenvalue weighted by molar-refractivity contribution is -0.140. The fourth-order valence-corrected chi connectivity index (χ4v) is 8.02. The molecule has 1 atom stereocenters. The summed E-state index contributed by atoms with van der Waals surface area (Å²) in [6.07, 6.45) is 5.38. The number of hydrogen-bond acceptors (Lipinski definition) is 4. The van der Waals surface area contributed by atoms with E-state index in [9.17, 15) is 18.0 Å². The van der Waals surface area contributed by atoms with Crippen LogP contribution in [-0.2, 0) is 32.6 Å². The van der Waals surface area contributed by atoms with Crippen molar-refractivity contribution in [2.75, 3.05) is 10.8 Å². The van der Waals surface area contributed by atoms with E-state index in [0.29, 0.717) is 12.1 Å². The topological polar surface area (TPSA) is 86.8 Å². The molecule has 0 spiro atoms. The lowest BCUT2D eigenvalue weighted by atomic mass is 9.94. The lowest BCUT2D eigenvalue weighted by Gasteiger charge is -2.35. The predicted molar refractivity (Wildman–Crippen MR) is 192 cm³/mol. The fourth-order valence-electron chi connectivity index (χ4n) is 6.54. The molecule has 4 aromatic carbocycles. The van der Waals surface area contributed by atoms with E-state index in [1.54, 1.807) is 35.2 Å².